The molecule has 1 aliphatic rings. The van der Waals surface area contributed by atoms with Gasteiger partial charge in [-0.3, -0.25) is 4.79 Å². The minimum atomic E-state index is -0.129. The molecule has 0 bridgehead atoms. The zero-order chi connectivity index (χ0) is 20.2. The summed E-state index contributed by atoms with van der Waals surface area (Å²) in [6.07, 6.45) is 0. The average molecular weight is 409 g/mol. The van der Waals surface area contributed by atoms with Crippen LogP contribution in [0.1, 0.15) is 15.2 Å². The molecule has 1 amide bonds. The van der Waals surface area contributed by atoms with Crippen molar-refractivity contribution in [3.63, 3.8) is 0 Å². The largest absolute Gasteiger partial charge is 0.495 e. The summed E-state index contributed by atoms with van der Waals surface area (Å²) < 4.78 is 10.9. The number of morpholine rings is 1. The quantitative estimate of drug-likeness (QED) is 0.658. The van der Waals surface area contributed by atoms with Crippen LogP contribution in [0.3, 0.4) is 0 Å². The molecule has 2 aromatic carbocycles. The van der Waals surface area contributed by atoms with Gasteiger partial charge in [0.1, 0.15) is 5.75 Å². The van der Waals surface area contributed by atoms with Crippen molar-refractivity contribution >= 4 is 27.9 Å². The summed E-state index contributed by atoms with van der Waals surface area (Å²) in [5, 5.41) is 4.13. The predicted molar refractivity (Wildman–Crippen MR) is 118 cm³/mol. The van der Waals surface area contributed by atoms with Crippen molar-refractivity contribution in [2.45, 2.75) is 6.92 Å². The first kappa shape index (κ1) is 19.5. The lowest BCUT2D eigenvalue weighted by Crippen LogP contribution is -2.35. The minimum absolute atomic E-state index is 0.129. The topological polar surface area (TPSA) is 50.8 Å². The Morgan fingerprint density at radius 3 is 2.59 bits per heavy atom. The molecule has 6 heteroatoms. The Hall–Kier alpha value is -2.83. The Kier molecular flexibility index (Phi) is 5.83. The van der Waals surface area contributed by atoms with Crippen LogP contribution in [0.25, 0.3) is 11.1 Å². The zero-order valence-electron chi connectivity index (χ0n) is 16.6. The summed E-state index contributed by atoms with van der Waals surface area (Å²) in [7, 11) is 1.61. The van der Waals surface area contributed by atoms with Crippen LogP contribution >= 0.6 is 11.3 Å². The molecular weight excluding hydrogens is 384 g/mol. The SMILES string of the molecule is COc1ccc(C)cc1NC(=O)c1cc(-c2ccccc2)c(N2CCOCC2)s1. The number of nitrogens with zero attached hydrogens (tertiary/aromatic N) is 1. The lowest BCUT2D eigenvalue weighted by Gasteiger charge is -2.28. The number of benzene rings is 2. The highest BCUT2D eigenvalue weighted by atomic mass is 32.1. The second-order valence-electron chi connectivity index (χ2n) is 6.95. The highest BCUT2D eigenvalue weighted by Gasteiger charge is 2.22. The number of amides is 1. The van der Waals surface area contributed by atoms with Crippen molar-refractivity contribution in [3.8, 4) is 16.9 Å². The Labute approximate surface area is 174 Å². The fourth-order valence-corrected chi connectivity index (χ4v) is 4.55. The summed E-state index contributed by atoms with van der Waals surface area (Å²) in [6, 6.07) is 17.9. The highest BCUT2D eigenvalue weighted by molar-refractivity contribution is 7.18. The van der Waals surface area contributed by atoms with E-state index in [1.165, 1.54) is 11.3 Å². The molecule has 1 N–H and O–H groups in total. The summed E-state index contributed by atoms with van der Waals surface area (Å²) in [6.45, 7) is 5.05. The van der Waals surface area contributed by atoms with E-state index in [1.54, 1.807) is 7.11 Å². The standard InChI is InChI=1S/C23H24N2O3S/c1-16-8-9-20(27-2)19(14-16)24-22(26)21-15-18(17-6-4-3-5-7-17)23(29-21)25-10-12-28-13-11-25/h3-9,14-15H,10-13H2,1-2H3,(H,24,26). The molecule has 0 unspecified atom stereocenters. The molecule has 5 nitrogen and oxygen atoms in total. The van der Waals surface area contributed by atoms with E-state index in [0.29, 0.717) is 29.5 Å². The fraction of sp³-hybridized carbons (Fsp3) is 0.261. The number of ether oxygens (including phenoxy) is 2. The lowest BCUT2D eigenvalue weighted by molar-refractivity contribution is 0.103. The Morgan fingerprint density at radius 1 is 1.10 bits per heavy atom. The lowest BCUT2D eigenvalue weighted by atomic mass is 10.1. The normalized spacial score (nSPS) is 13.9. The first-order valence-electron chi connectivity index (χ1n) is 9.63. The number of carbonyl (C=O) groups is 1. The van der Waals surface area contributed by atoms with Crippen molar-refractivity contribution in [3.05, 3.63) is 65.0 Å². The third kappa shape index (κ3) is 4.28. The van der Waals surface area contributed by atoms with Crippen LogP contribution in [-0.2, 0) is 4.74 Å². The van der Waals surface area contributed by atoms with Gasteiger partial charge in [0.25, 0.3) is 5.91 Å². The van der Waals surface area contributed by atoms with E-state index in [-0.39, 0.29) is 5.91 Å². The molecule has 1 aromatic heterocycles. The fourth-order valence-electron chi connectivity index (χ4n) is 3.42. The van der Waals surface area contributed by atoms with Crippen molar-refractivity contribution < 1.29 is 14.3 Å². The van der Waals surface area contributed by atoms with Crippen molar-refractivity contribution in [2.75, 3.05) is 43.6 Å². The third-order valence-electron chi connectivity index (χ3n) is 4.92. The maximum Gasteiger partial charge on any atom is 0.265 e. The van der Waals surface area contributed by atoms with E-state index in [9.17, 15) is 4.79 Å². The maximum absolute atomic E-state index is 13.1. The van der Waals surface area contributed by atoms with E-state index in [4.69, 9.17) is 9.47 Å². The van der Waals surface area contributed by atoms with Gasteiger partial charge >= 0.3 is 0 Å². The molecule has 0 aliphatic carbocycles. The number of carbonyl (C=O) groups excluding carboxylic acids is 1. The molecule has 0 radical (unpaired) electrons. The second-order valence-corrected chi connectivity index (χ2v) is 7.98. The van der Waals surface area contributed by atoms with E-state index in [2.05, 4.69) is 22.3 Å². The molecule has 2 heterocycles. The summed E-state index contributed by atoms with van der Waals surface area (Å²) >= 11 is 1.52. The molecular formula is C23H24N2O3S. The van der Waals surface area contributed by atoms with E-state index < -0.39 is 0 Å². The highest BCUT2D eigenvalue weighted by Crippen LogP contribution is 2.40. The van der Waals surface area contributed by atoms with Crippen LogP contribution in [0.15, 0.2) is 54.6 Å². The van der Waals surface area contributed by atoms with E-state index in [0.717, 1.165) is 34.8 Å². The molecule has 29 heavy (non-hydrogen) atoms. The molecule has 4 rings (SSSR count). The van der Waals surface area contributed by atoms with Crippen LogP contribution in [-0.4, -0.2) is 39.3 Å². The minimum Gasteiger partial charge on any atom is -0.495 e. The number of nitrogens with one attached hydrogen (secondary N) is 1. The van der Waals surface area contributed by atoms with Gasteiger partial charge in [0.15, 0.2) is 0 Å². The second kappa shape index (κ2) is 8.68. The van der Waals surface area contributed by atoms with Gasteiger partial charge in [-0.25, -0.2) is 0 Å². The molecule has 1 saturated heterocycles. The zero-order valence-corrected chi connectivity index (χ0v) is 17.4. The van der Waals surface area contributed by atoms with E-state index in [1.807, 2.05) is 49.4 Å². The summed E-state index contributed by atoms with van der Waals surface area (Å²) in [5.41, 5.74) is 3.93. The predicted octanol–water partition coefficient (Wildman–Crippen LogP) is 4.82. The van der Waals surface area contributed by atoms with Gasteiger partial charge < -0.3 is 19.7 Å². The van der Waals surface area contributed by atoms with Crippen molar-refractivity contribution in [1.29, 1.82) is 0 Å². The van der Waals surface area contributed by atoms with Crippen LogP contribution in [0.5, 0.6) is 5.75 Å². The van der Waals surface area contributed by atoms with Gasteiger partial charge in [-0.2, -0.15) is 0 Å². The summed E-state index contributed by atoms with van der Waals surface area (Å²) in [4.78, 5) is 16.1. The summed E-state index contributed by atoms with van der Waals surface area (Å²) in [5.74, 6) is 0.521. The molecule has 1 fully saturated rings. The van der Waals surface area contributed by atoms with Crippen LogP contribution in [0, 0.1) is 6.92 Å². The van der Waals surface area contributed by atoms with Crippen LogP contribution in [0.4, 0.5) is 10.7 Å². The first-order chi connectivity index (χ1) is 14.2. The molecule has 0 saturated carbocycles. The molecule has 3 aromatic rings. The molecule has 0 spiro atoms. The van der Waals surface area contributed by atoms with Gasteiger partial charge in [-0.1, -0.05) is 36.4 Å². The van der Waals surface area contributed by atoms with Crippen LogP contribution in [0.2, 0.25) is 0 Å². The Balaban J connectivity index is 1.68. The van der Waals surface area contributed by atoms with Gasteiger partial charge in [0.2, 0.25) is 0 Å². The average Bonchev–Trinajstić information content (AvgIpc) is 3.21. The van der Waals surface area contributed by atoms with Crippen molar-refractivity contribution in [2.24, 2.45) is 0 Å². The van der Waals surface area contributed by atoms with E-state index >= 15 is 0 Å². The Morgan fingerprint density at radius 2 is 1.86 bits per heavy atom. The number of anilines is 2. The number of aryl methyl sites for hydroxylation is 1. The molecule has 1 aliphatic heterocycles. The van der Waals surface area contributed by atoms with Gasteiger partial charge in [0.05, 0.1) is 35.9 Å². The number of hydrogen-bond donors (Lipinski definition) is 1. The van der Waals surface area contributed by atoms with Crippen molar-refractivity contribution in [1.82, 2.24) is 0 Å². The molecule has 0 atom stereocenters. The maximum atomic E-state index is 13.1. The number of methoxy groups -OCH3 is 1. The number of rotatable bonds is 5. The van der Waals surface area contributed by atoms with Gasteiger partial charge in [-0.15, -0.1) is 11.3 Å². The van der Waals surface area contributed by atoms with Gasteiger partial charge in [-0.05, 0) is 36.2 Å². The number of hydrogen-bond acceptors (Lipinski definition) is 5. The number of thiophene rings is 1. The van der Waals surface area contributed by atoms with Crippen LogP contribution < -0.4 is 15.0 Å². The molecule has 150 valence electrons. The smallest absolute Gasteiger partial charge is 0.265 e. The Bertz CT molecular complexity index is 995. The van der Waals surface area contributed by atoms with Gasteiger partial charge in [0, 0.05) is 18.7 Å². The first-order valence-corrected chi connectivity index (χ1v) is 10.5. The third-order valence-corrected chi connectivity index (χ3v) is 6.12. The monoisotopic (exact) mass is 408 g/mol.